The van der Waals surface area contributed by atoms with Gasteiger partial charge in [0.1, 0.15) is 5.82 Å². The van der Waals surface area contributed by atoms with Crippen molar-refractivity contribution in [2.45, 2.75) is 11.3 Å². The fraction of sp³-hybridized carbons (Fsp3) is 0.103. The number of anilines is 1. The third-order valence-corrected chi connectivity index (χ3v) is 7.49. The molecule has 0 aliphatic carbocycles. The largest absolute Gasteiger partial charge is 0.383 e. The topological polar surface area (TPSA) is 119 Å². The Kier molecular flexibility index (Phi) is 6.60. The summed E-state index contributed by atoms with van der Waals surface area (Å²) in [6.45, 7) is 1.15. The number of nitrogens with zero attached hydrogens (tertiary/aromatic N) is 2. The molecule has 2 heterocycles. The van der Waals surface area contributed by atoms with Crippen LogP contribution in [-0.4, -0.2) is 37.3 Å². The number of hydrogen-bond acceptors (Lipinski definition) is 5. The summed E-state index contributed by atoms with van der Waals surface area (Å²) in [5.74, 6) is 0.483. The monoisotopic (exact) mass is 510 g/mol. The summed E-state index contributed by atoms with van der Waals surface area (Å²) in [4.78, 5) is 19.2. The summed E-state index contributed by atoms with van der Waals surface area (Å²) < 4.78 is 23.6. The van der Waals surface area contributed by atoms with Gasteiger partial charge in [0.05, 0.1) is 4.90 Å². The van der Waals surface area contributed by atoms with E-state index in [9.17, 15) is 13.2 Å². The van der Waals surface area contributed by atoms with Crippen LogP contribution in [0.4, 0.5) is 5.82 Å². The first-order valence-electron chi connectivity index (χ1n) is 11.8. The highest BCUT2D eigenvalue weighted by atomic mass is 32.2. The van der Waals surface area contributed by atoms with Crippen LogP contribution in [0.1, 0.15) is 33.5 Å². The van der Waals surface area contributed by atoms with E-state index < -0.39 is 10.0 Å². The van der Waals surface area contributed by atoms with Crippen LogP contribution in [0, 0.1) is 0 Å². The van der Waals surface area contributed by atoms with Gasteiger partial charge in [0.2, 0.25) is 10.0 Å². The lowest BCUT2D eigenvalue weighted by atomic mass is 9.96. The van der Waals surface area contributed by atoms with Crippen molar-refractivity contribution in [3.05, 3.63) is 107 Å². The summed E-state index contributed by atoms with van der Waals surface area (Å²) >= 11 is 0. The highest BCUT2D eigenvalue weighted by Gasteiger charge is 2.19. The van der Waals surface area contributed by atoms with Gasteiger partial charge in [0.15, 0.2) is 0 Å². The molecule has 1 aliphatic rings. The van der Waals surface area contributed by atoms with Crippen molar-refractivity contribution < 1.29 is 13.2 Å². The molecule has 0 saturated carbocycles. The number of carbonyl (C=O) groups excluding carboxylic acids is 1. The summed E-state index contributed by atoms with van der Waals surface area (Å²) in [5, 5.41) is 7.29. The first kappa shape index (κ1) is 24.4. The number of benzene rings is 3. The zero-order valence-electron chi connectivity index (χ0n) is 20.0. The van der Waals surface area contributed by atoms with E-state index in [4.69, 9.17) is 10.9 Å². The second-order valence-electron chi connectivity index (χ2n) is 8.90. The lowest BCUT2D eigenvalue weighted by Crippen LogP contribution is -2.34. The zero-order valence-corrected chi connectivity index (χ0v) is 20.9. The number of aromatic nitrogens is 1. The summed E-state index contributed by atoms with van der Waals surface area (Å²) in [7, 11) is -3.82. The maximum Gasteiger partial charge on any atom is 0.254 e. The van der Waals surface area contributed by atoms with E-state index in [0.717, 1.165) is 28.3 Å². The van der Waals surface area contributed by atoms with Gasteiger partial charge in [-0.2, -0.15) is 0 Å². The lowest BCUT2D eigenvalue weighted by molar-refractivity contribution is 0.0773. The van der Waals surface area contributed by atoms with Crippen molar-refractivity contribution in [3.63, 3.8) is 0 Å². The Morgan fingerprint density at radius 3 is 2.49 bits per heavy atom. The molecule has 1 aromatic heterocycles. The maximum atomic E-state index is 13.1. The molecule has 4 N–H and O–H groups in total. The average molecular weight is 511 g/mol. The predicted octanol–water partition coefficient (Wildman–Crippen LogP) is 4.56. The molecule has 1 amide bonds. The van der Waals surface area contributed by atoms with Crippen molar-refractivity contribution in [2.75, 3.05) is 18.8 Å². The quantitative estimate of drug-likeness (QED) is 0.381. The molecule has 0 unspecified atom stereocenters. The Labute approximate surface area is 215 Å². The van der Waals surface area contributed by atoms with Crippen molar-refractivity contribution in [2.24, 2.45) is 5.14 Å². The van der Waals surface area contributed by atoms with Crippen LogP contribution in [0.25, 0.3) is 28.5 Å². The summed E-state index contributed by atoms with van der Waals surface area (Å²) in [6, 6.07) is 21.9. The standard InChI is InChI=1S/C29H26N4O3S/c30-28-26-19-25(12-11-22(26)13-16-32-28)21-14-17-33(18-15-21)29(34)24-9-6-20(7-10-24)5-8-23-3-1-2-4-27(23)37(31,35)36/h1-14,16,19H,15,17-18H2,(H2,30,32)(H2,31,35,36)/b8-5+. The van der Waals surface area contributed by atoms with Crippen LogP contribution in [0.3, 0.4) is 0 Å². The molecule has 0 radical (unpaired) electrons. The lowest BCUT2D eigenvalue weighted by Gasteiger charge is -2.27. The van der Waals surface area contributed by atoms with Gasteiger partial charge >= 0.3 is 0 Å². The van der Waals surface area contributed by atoms with E-state index in [2.05, 4.69) is 23.2 Å². The number of pyridine rings is 1. The molecule has 7 nitrogen and oxygen atoms in total. The Hall–Kier alpha value is -4.27. The van der Waals surface area contributed by atoms with Crippen LogP contribution in [0.5, 0.6) is 0 Å². The maximum absolute atomic E-state index is 13.1. The Balaban J connectivity index is 1.27. The first-order valence-corrected chi connectivity index (χ1v) is 13.4. The predicted molar refractivity (Wildman–Crippen MR) is 148 cm³/mol. The Morgan fingerprint density at radius 2 is 1.76 bits per heavy atom. The number of rotatable bonds is 5. The van der Waals surface area contributed by atoms with E-state index in [-0.39, 0.29) is 10.8 Å². The second-order valence-corrected chi connectivity index (χ2v) is 10.4. The van der Waals surface area contributed by atoms with Gasteiger partial charge in [0.25, 0.3) is 5.91 Å². The van der Waals surface area contributed by atoms with Gasteiger partial charge in [-0.05, 0) is 64.4 Å². The first-order chi connectivity index (χ1) is 17.8. The average Bonchev–Trinajstić information content (AvgIpc) is 2.92. The number of sulfonamides is 1. The molecular weight excluding hydrogens is 484 g/mol. The fourth-order valence-electron chi connectivity index (χ4n) is 4.49. The molecule has 186 valence electrons. The minimum absolute atomic E-state index is 0.0302. The molecule has 5 rings (SSSR count). The molecule has 1 aliphatic heterocycles. The van der Waals surface area contributed by atoms with E-state index in [1.807, 2.05) is 29.2 Å². The molecule has 3 aromatic carbocycles. The summed E-state index contributed by atoms with van der Waals surface area (Å²) in [6.07, 6.45) is 8.04. The molecular formula is C29H26N4O3S. The molecule has 0 bridgehead atoms. The molecule has 37 heavy (non-hydrogen) atoms. The zero-order chi connectivity index (χ0) is 26.0. The van der Waals surface area contributed by atoms with Crippen LogP contribution < -0.4 is 10.9 Å². The van der Waals surface area contributed by atoms with Gasteiger partial charge in [-0.25, -0.2) is 18.5 Å². The molecule has 0 fully saturated rings. The van der Waals surface area contributed by atoms with E-state index in [1.165, 1.54) is 11.6 Å². The van der Waals surface area contributed by atoms with Crippen LogP contribution in [0.2, 0.25) is 0 Å². The van der Waals surface area contributed by atoms with Crippen molar-refractivity contribution >= 4 is 50.2 Å². The highest BCUT2D eigenvalue weighted by Crippen LogP contribution is 2.28. The van der Waals surface area contributed by atoms with Crippen LogP contribution >= 0.6 is 0 Å². The Bertz CT molecular complexity index is 1660. The number of primary sulfonamides is 1. The van der Waals surface area contributed by atoms with Crippen LogP contribution in [-0.2, 0) is 10.0 Å². The van der Waals surface area contributed by atoms with Gasteiger partial charge in [-0.15, -0.1) is 0 Å². The number of fused-ring (bicyclic) bond motifs is 1. The molecule has 8 heteroatoms. The minimum Gasteiger partial charge on any atom is -0.383 e. The normalized spacial score (nSPS) is 14.2. The smallest absolute Gasteiger partial charge is 0.254 e. The number of hydrogen-bond donors (Lipinski definition) is 2. The van der Waals surface area contributed by atoms with E-state index in [0.29, 0.717) is 30.0 Å². The highest BCUT2D eigenvalue weighted by molar-refractivity contribution is 7.89. The molecule has 0 spiro atoms. The van der Waals surface area contributed by atoms with Gasteiger partial charge in [-0.3, -0.25) is 4.79 Å². The SMILES string of the molecule is Nc1nccc2ccc(C3=CCN(C(=O)c4ccc(/C=C/c5ccccc5S(N)(=O)=O)cc4)CC3)cc12. The minimum atomic E-state index is -3.82. The fourth-order valence-corrected chi connectivity index (χ4v) is 5.22. The molecule has 0 atom stereocenters. The van der Waals surface area contributed by atoms with Crippen molar-refractivity contribution in [1.82, 2.24) is 9.88 Å². The second kappa shape index (κ2) is 10.0. The Morgan fingerprint density at radius 1 is 0.973 bits per heavy atom. The van der Waals surface area contributed by atoms with E-state index >= 15 is 0 Å². The number of carbonyl (C=O) groups is 1. The number of nitrogen functional groups attached to an aromatic ring is 1. The summed E-state index contributed by atoms with van der Waals surface area (Å²) in [5.41, 5.74) is 10.3. The number of amides is 1. The van der Waals surface area contributed by atoms with Gasteiger partial charge in [0, 0.05) is 30.2 Å². The van der Waals surface area contributed by atoms with Crippen molar-refractivity contribution in [1.29, 1.82) is 0 Å². The number of nitrogens with two attached hydrogens (primary N) is 2. The van der Waals surface area contributed by atoms with E-state index in [1.54, 1.807) is 48.7 Å². The van der Waals surface area contributed by atoms with Gasteiger partial charge in [-0.1, -0.05) is 60.7 Å². The third-order valence-electron chi connectivity index (χ3n) is 6.50. The molecule has 4 aromatic rings. The van der Waals surface area contributed by atoms with Crippen molar-refractivity contribution in [3.8, 4) is 0 Å². The van der Waals surface area contributed by atoms with Gasteiger partial charge < -0.3 is 10.6 Å². The van der Waals surface area contributed by atoms with Crippen LogP contribution in [0.15, 0.2) is 90.0 Å². The molecule has 0 saturated heterocycles. The third kappa shape index (κ3) is 5.30.